The molecule has 4 aromatic rings. The van der Waals surface area contributed by atoms with E-state index in [0.717, 1.165) is 17.5 Å². The van der Waals surface area contributed by atoms with E-state index in [1.807, 2.05) is 35.6 Å². The van der Waals surface area contributed by atoms with Gasteiger partial charge in [-0.3, -0.25) is 13.8 Å². The number of halogens is 2. The molecular weight excluding hydrogens is 442 g/mol. The largest absolute Gasteiger partial charge is 0.496 e. The summed E-state index contributed by atoms with van der Waals surface area (Å²) in [6.45, 7) is 2.56. The number of aromatic nitrogens is 4. The molecule has 31 heavy (non-hydrogen) atoms. The lowest BCUT2D eigenvalue weighted by Gasteiger charge is -2.11. The number of fused-ring (bicyclic) bond motifs is 3. The number of ether oxygens (including phenoxy) is 1. The molecule has 0 amide bonds. The van der Waals surface area contributed by atoms with E-state index in [0.29, 0.717) is 51.0 Å². The topological polar surface area (TPSA) is 61.4 Å². The van der Waals surface area contributed by atoms with E-state index in [9.17, 15) is 13.6 Å². The first-order valence-electron chi connectivity index (χ1n) is 9.64. The Bertz CT molecular complexity index is 1290. The van der Waals surface area contributed by atoms with Crippen molar-refractivity contribution in [1.82, 2.24) is 19.2 Å². The highest BCUT2D eigenvalue weighted by Crippen LogP contribution is 2.35. The number of benzene rings is 2. The van der Waals surface area contributed by atoms with Gasteiger partial charge < -0.3 is 4.74 Å². The molecule has 10 heteroatoms. The maximum Gasteiger partial charge on any atom is 0.289 e. The minimum absolute atomic E-state index is 0.0780. The van der Waals surface area contributed by atoms with Crippen LogP contribution in [0.25, 0.3) is 16.7 Å². The predicted molar refractivity (Wildman–Crippen MR) is 119 cm³/mol. The molecule has 2 aromatic carbocycles. The predicted octanol–water partition coefficient (Wildman–Crippen LogP) is 5.07. The van der Waals surface area contributed by atoms with E-state index in [1.165, 1.54) is 18.9 Å². The molecule has 6 nitrogen and oxygen atoms in total. The van der Waals surface area contributed by atoms with Crippen molar-refractivity contribution in [2.45, 2.75) is 41.5 Å². The number of para-hydroxylation sites is 1. The first kappa shape index (κ1) is 21.6. The lowest BCUT2D eigenvalue weighted by molar-refractivity contribution is 0.251. The van der Waals surface area contributed by atoms with E-state index >= 15 is 0 Å². The zero-order chi connectivity index (χ0) is 22.0. The monoisotopic (exact) mass is 462 g/mol. The second kappa shape index (κ2) is 9.27. The van der Waals surface area contributed by atoms with Crippen LogP contribution < -0.4 is 10.3 Å². The lowest BCUT2D eigenvalue weighted by Crippen LogP contribution is -2.23. The van der Waals surface area contributed by atoms with Crippen LogP contribution in [-0.4, -0.2) is 32.0 Å². The van der Waals surface area contributed by atoms with Gasteiger partial charge in [-0.15, -0.1) is 10.2 Å². The van der Waals surface area contributed by atoms with Gasteiger partial charge >= 0.3 is 0 Å². The second-order valence-corrected chi connectivity index (χ2v) is 8.72. The Morgan fingerprint density at radius 3 is 2.71 bits per heavy atom. The second-order valence-electron chi connectivity index (χ2n) is 6.74. The molecule has 0 saturated heterocycles. The number of thioether (sulfide) groups is 2. The molecule has 0 bridgehead atoms. The summed E-state index contributed by atoms with van der Waals surface area (Å²) in [7, 11) is 1.47. The van der Waals surface area contributed by atoms with Crippen LogP contribution in [0.15, 0.2) is 57.3 Å². The van der Waals surface area contributed by atoms with Crippen molar-refractivity contribution in [2.75, 3.05) is 7.11 Å². The highest BCUT2D eigenvalue weighted by molar-refractivity contribution is 7.99. The van der Waals surface area contributed by atoms with Crippen molar-refractivity contribution >= 4 is 40.2 Å². The smallest absolute Gasteiger partial charge is 0.289 e. The molecule has 0 unspecified atom stereocenters. The summed E-state index contributed by atoms with van der Waals surface area (Å²) in [4.78, 5) is 13.3. The summed E-state index contributed by atoms with van der Waals surface area (Å²) in [5.41, 5.74) is 1.58. The minimum atomic E-state index is -2.51. The average Bonchev–Trinajstić information content (AvgIpc) is 3.19. The van der Waals surface area contributed by atoms with Crippen molar-refractivity contribution in [2.24, 2.45) is 0 Å². The fraction of sp³-hybridized carbons (Fsp3) is 0.286. The van der Waals surface area contributed by atoms with Crippen LogP contribution in [0.5, 0.6) is 5.75 Å². The first-order chi connectivity index (χ1) is 15.0. The Morgan fingerprint density at radius 1 is 1.16 bits per heavy atom. The number of nitrogens with zero attached hydrogens (tertiary/aromatic N) is 4. The Morgan fingerprint density at radius 2 is 1.97 bits per heavy atom. The van der Waals surface area contributed by atoms with Gasteiger partial charge in [0.15, 0.2) is 5.16 Å². The molecule has 0 aliphatic heterocycles. The highest BCUT2D eigenvalue weighted by Gasteiger charge is 2.17. The molecule has 162 valence electrons. The SMILES string of the molecule is CCCn1c(=O)c2ccccc2n2c(SCc3ccc(SC(F)F)c(OC)c3)nnc12. The van der Waals surface area contributed by atoms with Gasteiger partial charge in [0.2, 0.25) is 5.78 Å². The number of hydrogen-bond acceptors (Lipinski definition) is 6. The molecule has 0 aliphatic rings. The summed E-state index contributed by atoms with van der Waals surface area (Å²) in [6.07, 6.45) is 0.798. The van der Waals surface area contributed by atoms with Crippen LogP contribution in [0.4, 0.5) is 8.78 Å². The van der Waals surface area contributed by atoms with Crippen molar-refractivity contribution in [1.29, 1.82) is 0 Å². The normalized spacial score (nSPS) is 11.6. The maximum atomic E-state index is 12.9. The van der Waals surface area contributed by atoms with Gasteiger partial charge in [0.25, 0.3) is 11.3 Å². The lowest BCUT2D eigenvalue weighted by atomic mass is 10.2. The van der Waals surface area contributed by atoms with Crippen molar-refractivity contribution in [3.05, 3.63) is 58.4 Å². The van der Waals surface area contributed by atoms with Gasteiger partial charge in [-0.2, -0.15) is 8.78 Å². The van der Waals surface area contributed by atoms with Crippen molar-refractivity contribution in [3.63, 3.8) is 0 Å². The standard InChI is InChI=1S/C21H20F2N4O2S2/c1-3-10-26-18(28)14-6-4-5-7-15(14)27-20(26)24-25-21(27)30-12-13-8-9-17(31-19(22)23)16(11-13)29-2/h4-9,11,19H,3,10,12H2,1-2H3. The number of alkyl halides is 2. The van der Waals surface area contributed by atoms with E-state index in [-0.39, 0.29) is 5.56 Å². The van der Waals surface area contributed by atoms with Gasteiger partial charge in [-0.25, -0.2) is 0 Å². The average molecular weight is 463 g/mol. The fourth-order valence-electron chi connectivity index (χ4n) is 3.40. The summed E-state index contributed by atoms with van der Waals surface area (Å²) < 4.78 is 34.3. The molecule has 0 aliphatic carbocycles. The van der Waals surface area contributed by atoms with Crippen LogP contribution >= 0.6 is 23.5 Å². The van der Waals surface area contributed by atoms with E-state index in [2.05, 4.69) is 10.2 Å². The summed E-state index contributed by atoms with van der Waals surface area (Å²) in [5.74, 6) is -1.05. The molecule has 0 atom stereocenters. The minimum Gasteiger partial charge on any atom is -0.496 e. The molecule has 0 spiro atoms. The Kier molecular flexibility index (Phi) is 6.47. The van der Waals surface area contributed by atoms with Crippen LogP contribution in [-0.2, 0) is 12.3 Å². The van der Waals surface area contributed by atoms with Crippen LogP contribution in [0.3, 0.4) is 0 Å². The zero-order valence-electron chi connectivity index (χ0n) is 16.9. The third-order valence-electron chi connectivity index (χ3n) is 4.74. The van der Waals surface area contributed by atoms with Gasteiger partial charge in [-0.05, 0) is 36.2 Å². The first-order valence-corrected chi connectivity index (χ1v) is 11.5. The molecule has 0 fully saturated rings. The van der Waals surface area contributed by atoms with E-state index in [4.69, 9.17) is 4.74 Å². The van der Waals surface area contributed by atoms with Crippen LogP contribution in [0.1, 0.15) is 18.9 Å². The molecule has 2 aromatic heterocycles. The third kappa shape index (κ3) is 4.27. The van der Waals surface area contributed by atoms with Gasteiger partial charge in [0, 0.05) is 12.3 Å². The Labute approximate surface area is 185 Å². The van der Waals surface area contributed by atoms with Gasteiger partial charge in [-0.1, -0.05) is 48.6 Å². The van der Waals surface area contributed by atoms with Crippen molar-refractivity contribution < 1.29 is 13.5 Å². The van der Waals surface area contributed by atoms with Crippen LogP contribution in [0, 0.1) is 0 Å². The molecule has 0 saturated carbocycles. The number of rotatable bonds is 8. The summed E-state index contributed by atoms with van der Waals surface area (Å²) in [5, 5.41) is 9.88. The molecule has 4 rings (SSSR count). The molecule has 0 radical (unpaired) electrons. The zero-order valence-corrected chi connectivity index (χ0v) is 18.6. The molecular formula is C21H20F2N4O2S2. The number of aryl methyl sites for hydroxylation is 1. The van der Waals surface area contributed by atoms with Crippen LogP contribution in [0.2, 0.25) is 0 Å². The van der Waals surface area contributed by atoms with E-state index in [1.54, 1.807) is 22.8 Å². The van der Waals surface area contributed by atoms with Gasteiger partial charge in [0.1, 0.15) is 5.75 Å². The number of methoxy groups -OCH3 is 1. The molecule has 0 N–H and O–H groups in total. The quantitative estimate of drug-likeness (QED) is 0.341. The molecule has 2 heterocycles. The fourth-order valence-corrected chi connectivity index (χ4v) is 4.88. The summed E-state index contributed by atoms with van der Waals surface area (Å²) in [6, 6.07) is 12.6. The summed E-state index contributed by atoms with van der Waals surface area (Å²) >= 11 is 1.92. The Hall–Kier alpha value is -2.59. The van der Waals surface area contributed by atoms with Gasteiger partial charge in [0.05, 0.1) is 22.9 Å². The number of hydrogen-bond donors (Lipinski definition) is 0. The Balaban J connectivity index is 1.71. The third-order valence-corrected chi connectivity index (χ3v) is 6.51. The highest BCUT2D eigenvalue weighted by atomic mass is 32.2. The van der Waals surface area contributed by atoms with Crippen molar-refractivity contribution in [3.8, 4) is 5.75 Å². The van der Waals surface area contributed by atoms with E-state index < -0.39 is 5.76 Å². The maximum absolute atomic E-state index is 12.9.